The number of nitrogens with two attached hydrogens (primary N) is 1. The highest BCUT2D eigenvalue weighted by atomic mass is 15.0. The molecule has 0 aliphatic carbocycles. The summed E-state index contributed by atoms with van der Waals surface area (Å²) >= 11 is 0. The van der Waals surface area contributed by atoms with E-state index < -0.39 is 0 Å². The predicted octanol–water partition coefficient (Wildman–Crippen LogP) is 2.48. The van der Waals surface area contributed by atoms with Gasteiger partial charge in [-0.05, 0) is 42.5 Å². The van der Waals surface area contributed by atoms with E-state index in [1.807, 2.05) is 34.9 Å². The molecule has 0 amide bonds. The van der Waals surface area contributed by atoms with Gasteiger partial charge in [-0.2, -0.15) is 5.26 Å². The molecular formula is C14H10N4. The second kappa shape index (κ2) is 3.90. The molecule has 0 fully saturated rings. The van der Waals surface area contributed by atoms with Gasteiger partial charge in [-0.1, -0.05) is 0 Å². The molecule has 4 heteroatoms. The van der Waals surface area contributed by atoms with E-state index in [1.54, 1.807) is 18.5 Å². The van der Waals surface area contributed by atoms with E-state index in [0.717, 1.165) is 16.7 Å². The van der Waals surface area contributed by atoms with Gasteiger partial charge in [0.1, 0.15) is 6.33 Å². The summed E-state index contributed by atoms with van der Waals surface area (Å²) in [6.07, 6.45) is 1.76. The van der Waals surface area contributed by atoms with E-state index in [9.17, 15) is 0 Å². The lowest BCUT2D eigenvalue weighted by Crippen LogP contribution is -1.92. The Labute approximate surface area is 104 Å². The maximum absolute atomic E-state index is 8.78. The fourth-order valence-electron chi connectivity index (χ4n) is 1.93. The average Bonchev–Trinajstić information content (AvgIpc) is 2.81. The number of benzene rings is 2. The molecule has 0 radical (unpaired) electrons. The Bertz CT molecular complexity index is 748. The van der Waals surface area contributed by atoms with Gasteiger partial charge in [0.05, 0.1) is 22.7 Å². The van der Waals surface area contributed by atoms with E-state index in [1.165, 1.54) is 0 Å². The highest BCUT2D eigenvalue weighted by Gasteiger charge is 2.04. The molecule has 0 bridgehead atoms. The zero-order valence-corrected chi connectivity index (χ0v) is 9.54. The monoisotopic (exact) mass is 234 g/mol. The zero-order chi connectivity index (χ0) is 12.5. The molecule has 0 spiro atoms. The van der Waals surface area contributed by atoms with Crippen LogP contribution in [0.1, 0.15) is 5.56 Å². The van der Waals surface area contributed by atoms with Crippen molar-refractivity contribution in [2.24, 2.45) is 0 Å². The van der Waals surface area contributed by atoms with Crippen LogP contribution in [0.4, 0.5) is 5.69 Å². The van der Waals surface area contributed by atoms with Crippen LogP contribution in [0, 0.1) is 11.3 Å². The Kier molecular flexibility index (Phi) is 2.24. The largest absolute Gasteiger partial charge is 0.399 e. The Balaban J connectivity index is 2.16. The number of hydrogen-bond donors (Lipinski definition) is 1. The van der Waals surface area contributed by atoms with Gasteiger partial charge >= 0.3 is 0 Å². The highest BCUT2D eigenvalue weighted by Crippen LogP contribution is 2.20. The smallest absolute Gasteiger partial charge is 0.100 e. The molecular weight excluding hydrogens is 224 g/mol. The van der Waals surface area contributed by atoms with Crippen LogP contribution in [-0.2, 0) is 0 Å². The third-order valence-corrected chi connectivity index (χ3v) is 2.85. The zero-order valence-electron chi connectivity index (χ0n) is 9.54. The summed E-state index contributed by atoms with van der Waals surface area (Å²) in [5.74, 6) is 0. The molecule has 0 saturated heterocycles. The van der Waals surface area contributed by atoms with Crippen molar-refractivity contribution in [1.82, 2.24) is 9.55 Å². The summed E-state index contributed by atoms with van der Waals surface area (Å²) in [6.45, 7) is 0. The molecule has 18 heavy (non-hydrogen) atoms. The van der Waals surface area contributed by atoms with E-state index in [0.29, 0.717) is 11.3 Å². The fourth-order valence-corrected chi connectivity index (χ4v) is 1.93. The second-order valence-corrected chi connectivity index (χ2v) is 4.02. The Morgan fingerprint density at radius 3 is 2.61 bits per heavy atom. The topological polar surface area (TPSA) is 67.6 Å². The summed E-state index contributed by atoms with van der Waals surface area (Å²) in [5.41, 5.74) is 9.90. The second-order valence-electron chi connectivity index (χ2n) is 4.02. The van der Waals surface area contributed by atoms with Gasteiger partial charge in [-0.15, -0.1) is 0 Å². The summed E-state index contributed by atoms with van der Waals surface area (Å²) in [4.78, 5) is 4.32. The first-order chi connectivity index (χ1) is 8.78. The van der Waals surface area contributed by atoms with Crippen molar-refractivity contribution in [2.75, 3.05) is 5.73 Å². The van der Waals surface area contributed by atoms with Crippen molar-refractivity contribution in [1.29, 1.82) is 5.26 Å². The normalized spacial score (nSPS) is 10.4. The average molecular weight is 234 g/mol. The molecule has 0 atom stereocenters. The first-order valence-corrected chi connectivity index (χ1v) is 5.51. The van der Waals surface area contributed by atoms with E-state index in [-0.39, 0.29) is 0 Å². The Morgan fingerprint density at radius 2 is 1.89 bits per heavy atom. The Hall–Kier alpha value is -2.80. The third kappa shape index (κ3) is 1.59. The minimum Gasteiger partial charge on any atom is -0.399 e. The number of hydrogen-bond acceptors (Lipinski definition) is 3. The van der Waals surface area contributed by atoms with Crippen LogP contribution >= 0.6 is 0 Å². The van der Waals surface area contributed by atoms with Crippen LogP contribution in [0.15, 0.2) is 48.8 Å². The summed E-state index contributed by atoms with van der Waals surface area (Å²) < 4.78 is 1.97. The number of nitrogens with zero attached hydrogens (tertiary/aromatic N) is 3. The van der Waals surface area contributed by atoms with Crippen LogP contribution < -0.4 is 5.73 Å². The maximum Gasteiger partial charge on any atom is 0.100 e. The molecule has 1 aromatic heterocycles. The third-order valence-electron chi connectivity index (χ3n) is 2.85. The number of nitrogen functional groups attached to an aromatic ring is 1. The van der Waals surface area contributed by atoms with Crippen molar-refractivity contribution in [2.45, 2.75) is 0 Å². The molecule has 2 aromatic carbocycles. The minimum absolute atomic E-state index is 0.646. The van der Waals surface area contributed by atoms with Crippen molar-refractivity contribution < 1.29 is 0 Å². The summed E-state index contributed by atoms with van der Waals surface area (Å²) in [7, 11) is 0. The quantitative estimate of drug-likeness (QED) is 0.658. The van der Waals surface area contributed by atoms with Crippen molar-refractivity contribution in [3.05, 3.63) is 54.4 Å². The van der Waals surface area contributed by atoms with Gasteiger partial charge in [0.15, 0.2) is 0 Å². The first kappa shape index (κ1) is 10.4. The molecule has 0 unspecified atom stereocenters. The molecule has 3 rings (SSSR count). The lowest BCUT2D eigenvalue weighted by molar-refractivity contribution is 1.09. The molecule has 2 N–H and O–H groups in total. The van der Waals surface area contributed by atoms with Gasteiger partial charge in [0.25, 0.3) is 0 Å². The van der Waals surface area contributed by atoms with Crippen LogP contribution in [0.5, 0.6) is 0 Å². The number of fused-ring (bicyclic) bond motifs is 1. The van der Waals surface area contributed by atoms with Gasteiger partial charge in [-0.25, -0.2) is 4.98 Å². The standard InChI is InChI=1S/C14H10N4/c15-8-10-1-4-12(5-2-10)18-9-17-13-7-11(16)3-6-14(13)18/h1-7,9H,16H2. The Morgan fingerprint density at radius 1 is 1.11 bits per heavy atom. The fraction of sp³-hybridized carbons (Fsp3) is 0. The lowest BCUT2D eigenvalue weighted by Gasteiger charge is -2.04. The molecule has 0 aliphatic heterocycles. The lowest BCUT2D eigenvalue weighted by atomic mass is 10.2. The maximum atomic E-state index is 8.78. The molecule has 4 nitrogen and oxygen atoms in total. The predicted molar refractivity (Wildman–Crippen MR) is 70.2 cm³/mol. The number of imidazole rings is 1. The van der Waals surface area contributed by atoms with Gasteiger partial charge < -0.3 is 5.73 Å². The first-order valence-electron chi connectivity index (χ1n) is 5.51. The number of nitriles is 1. The van der Waals surface area contributed by atoms with Gasteiger partial charge in [0, 0.05) is 11.4 Å². The number of anilines is 1. The van der Waals surface area contributed by atoms with Crippen molar-refractivity contribution in [3.63, 3.8) is 0 Å². The SMILES string of the molecule is N#Cc1ccc(-n2cnc3cc(N)ccc32)cc1. The minimum atomic E-state index is 0.646. The number of aromatic nitrogens is 2. The van der Waals surface area contributed by atoms with Crippen LogP contribution in [-0.4, -0.2) is 9.55 Å². The van der Waals surface area contributed by atoms with E-state index >= 15 is 0 Å². The molecule has 1 heterocycles. The summed E-state index contributed by atoms with van der Waals surface area (Å²) in [6, 6.07) is 15.1. The van der Waals surface area contributed by atoms with Gasteiger partial charge in [-0.3, -0.25) is 4.57 Å². The number of rotatable bonds is 1. The molecule has 0 aliphatic rings. The molecule has 0 saturated carbocycles. The van der Waals surface area contributed by atoms with Crippen LogP contribution in [0.25, 0.3) is 16.7 Å². The van der Waals surface area contributed by atoms with Crippen molar-refractivity contribution >= 4 is 16.7 Å². The van der Waals surface area contributed by atoms with Crippen LogP contribution in [0.2, 0.25) is 0 Å². The highest BCUT2D eigenvalue weighted by molar-refractivity contribution is 5.80. The van der Waals surface area contributed by atoms with E-state index in [4.69, 9.17) is 11.0 Å². The molecule has 3 aromatic rings. The van der Waals surface area contributed by atoms with E-state index in [2.05, 4.69) is 11.1 Å². The van der Waals surface area contributed by atoms with Gasteiger partial charge in [0.2, 0.25) is 0 Å². The summed E-state index contributed by atoms with van der Waals surface area (Å²) in [5, 5.41) is 8.78. The van der Waals surface area contributed by atoms with Crippen molar-refractivity contribution in [3.8, 4) is 11.8 Å². The molecule has 86 valence electrons. The van der Waals surface area contributed by atoms with Crippen LogP contribution in [0.3, 0.4) is 0 Å².